The second-order valence-corrected chi connectivity index (χ2v) is 6.77. The van der Waals surface area contributed by atoms with E-state index >= 15 is 0 Å². The van der Waals surface area contributed by atoms with Crippen LogP contribution in [-0.4, -0.2) is 29.2 Å². The molecule has 2 heterocycles. The van der Waals surface area contributed by atoms with Gasteiger partial charge in [-0.2, -0.15) is 4.98 Å². The molecule has 1 aliphatic heterocycles. The smallest absolute Gasteiger partial charge is 0.232 e. The van der Waals surface area contributed by atoms with Crippen LogP contribution in [0.3, 0.4) is 0 Å². The summed E-state index contributed by atoms with van der Waals surface area (Å²) in [6, 6.07) is 15.6. The summed E-state index contributed by atoms with van der Waals surface area (Å²) in [6.45, 7) is 5.14. The number of hydrogen-bond acceptors (Lipinski definition) is 5. The summed E-state index contributed by atoms with van der Waals surface area (Å²) < 4.78 is 11.2. The van der Waals surface area contributed by atoms with Crippen LogP contribution in [-0.2, 0) is 11.2 Å². The number of rotatable bonds is 6. The first kappa shape index (κ1) is 18.2. The number of benzene rings is 2. The van der Waals surface area contributed by atoms with Crippen molar-refractivity contribution in [2.24, 2.45) is 0 Å². The minimum atomic E-state index is -0.113. The van der Waals surface area contributed by atoms with Crippen LogP contribution in [0.2, 0.25) is 0 Å². The molecule has 0 bridgehead atoms. The molecule has 4 rings (SSSR count). The van der Waals surface area contributed by atoms with Crippen molar-refractivity contribution < 1.29 is 14.1 Å². The van der Waals surface area contributed by atoms with Gasteiger partial charge in [0, 0.05) is 18.7 Å². The Morgan fingerprint density at radius 1 is 1.14 bits per heavy atom. The lowest BCUT2D eigenvalue weighted by molar-refractivity contribution is -0.117. The molecule has 3 aromatic rings. The Bertz CT molecular complexity index is 982. The van der Waals surface area contributed by atoms with Crippen LogP contribution >= 0.6 is 0 Å². The molecule has 1 saturated heterocycles. The van der Waals surface area contributed by atoms with Gasteiger partial charge in [0.2, 0.25) is 17.6 Å². The molecular formula is C22H23N3O3. The van der Waals surface area contributed by atoms with Crippen molar-refractivity contribution in [1.82, 2.24) is 10.1 Å². The van der Waals surface area contributed by atoms with Gasteiger partial charge in [-0.15, -0.1) is 0 Å². The van der Waals surface area contributed by atoms with E-state index in [4.69, 9.17) is 9.26 Å². The first-order valence-corrected chi connectivity index (χ1v) is 9.65. The molecule has 6 heteroatoms. The highest BCUT2D eigenvalue weighted by Crippen LogP contribution is 2.35. The van der Waals surface area contributed by atoms with Gasteiger partial charge in [-0.1, -0.05) is 42.4 Å². The number of para-hydroxylation sites is 2. The number of amides is 1. The Balaban J connectivity index is 1.58. The predicted octanol–water partition coefficient (Wildman–Crippen LogP) is 4.22. The Labute approximate surface area is 164 Å². The highest BCUT2D eigenvalue weighted by Gasteiger charge is 2.36. The third-order valence-electron chi connectivity index (χ3n) is 5.01. The van der Waals surface area contributed by atoms with Gasteiger partial charge in [0.1, 0.15) is 5.75 Å². The molecule has 1 aromatic heterocycles. The van der Waals surface area contributed by atoms with Crippen LogP contribution in [0.5, 0.6) is 5.75 Å². The summed E-state index contributed by atoms with van der Waals surface area (Å²) in [5.74, 6) is 1.67. The Hall–Kier alpha value is -3.15. The molecule has 1 unspecified atom stereocenters. The highest BCUT2D eigenvalue weighted by molar-refractivity contribution is 5.97. The molecule has 1 atom stereocenters. The second kappa shape index (κ2) is 7.84. The van der Waals surface area contributed by atoms with Crippen molar-refractivity contribution in [1.29, 1.82) is 0 Å². The van der Waals surface area contributed by atoms with E-state index in [0.717, 1.165) is 29.0 Å². The van der Waals surface area contributed by atoms with Crippen molar-refractivity contribution in [3.8, 4) is 17.1 Å². The van der Waals surface area contributed by atoms with E-state index in [9.17, 15) is 4.79 Å². The first-order valence-electron chi connectivity index (χ1n) is 9.65. The number of nitrogens with zero attached hydrogens (tertiary/aromatic N) is 3. The number of aryl methyl sites for hydroxylation is 1. The molecule has 0 N–H and O–H groups in total. The molecule has 1 fully saturated rings. The number of anilines is 1. The zero-order valence-electron chi connectivity index (χ0n) is 16.1. The summed E-state index contributed by atoms with van der Waals surface area (Å²) >= 11 is 0. The van der Waals surface area contributed by atoms with Gasteiger partial charge in [0.05, 0.1) is 18.1 Å². The lowest BCUT2D eigenvalue weighted by Crippen LogP contribution is -2.25. The summed E-state index contributed by atoms with van der Waals surface area (Å²) in [4.78, 5) is 19.1. The number of ether oxygens (including phenoxy) is 1. The standard InChI is InChI=1S/C22H23N3O3/c1-3-15-9-5-7-11-18(15)25-14-16(13-20(25)26)22-23-21(24-28-22)17-10-6-8-12-19(17)27-4-2/h5-12,16H,3-4,13-14H2,1-2H3. The fraction of sp³-hybridized carbons (Fsp3) is 0.318. The minimum Gasteiger partial charge on any atom is -0.493 e. The van der Waals surface area contributed by atoms with Crippen LogP contribution in [0.15, 0.2) is 53.1 Å². The zero-order chi connectivity index (χ0) is 19.5. The molecule has 2 aromatic carbocycles. The summed E-state index contributed by atoms with van der Waals surface area (Å²) in [5.41, 5.74) is 2.92. The maximum absolute atomic E-state index is 12.7. The lowest BCUT2D eigenvalue weighted by atomic mass is 10.1. The summed E-state index contributed by atoms with van der Waals surface area (Å²) in [6.07, 6.45) is 1.25. The molecule has 1 amide bonds. The molecule has 6 nitrogen and oxygen atoms in total. The van der Waals surface area contributed by atoms with E-state index in [1.807, 2.05) is 54.3 Å². The molecule has 1 aliphatic rings. The van der Waals surface area contributed by atoms with Gasteiger partial charge in [-0.3, -0.25) is 4.79 Å². The third kappa shape index (κ3) is 3.38. The van der Waals surface area contributed by atoms with E-state index in [1.54, 1.807) is 0 Å². The fourth-order valence-electron chi connectivity index (χ4n) is 3.62. The van der Waals surface area contributed by atoms with Crippen LogP contribution < -0.4 is 9.64 Å². The molecule has 0 saturated carbocycles. The molecule has 0 spiro atoms. The van der Waals surface area contributed by atoms with Crippen molar-refractivity contribution in [3.05, 3.63) is 60.0 Å². The van der Waals surface area contributed by atoms with Crippen LogP contribution in [0.25, 0.3) is 11.4 Å². The van der Waals surface area contributed by atoms with E-state index in [0.29, 0.717) is 31.3 Å². The summed E-state index contributed by atoms with van der Waals surface area (Å²) in [5, 5.41) is 4.13. The second-order valence-electron chi connectivity index (χ2n) is 6.77. The average molecular weight is 377 g/mol. The van der Waals surface area contributed by atoms with Crippen molar-refractivity contribution in [3.63, 3.8) is 0 Å². The number of carbonyl (C=O) groups excluding carboxylic acids is 1. The maximum Gasteiger partial charge on any atom is 0.232 e. The highest BCUT2D eigenvalue weighted by atomic mass is 16.5. The Morgan fingerprint density at radius 3 is 2.75 bits per heavy atom. The van der Waals surface area contributed by atoms with E-state index < -0.39 is 0 Å². The number of carbonyl (C=O) groups is 1. The average Bonchev–Trinajstić information content (AvgIpc) is 3.35. The third-order valence-corrected chi connectivity index (χ3v) is 5.01. The normalized spacial score (nSPS) is 16.6. The van der Waals surface area contributed by atoms with Gasteiger partial charge in [-0.25, -0.2) is 0 Å². The molecule has 0 radical (unpaired) electrons. The van der Waals surface area contributed by atoms with Crippen LogP contribution in [0.1, 0.15) is 37.6 Å². The first-order chi connectivity index (χ1) is 13.7. The monoisotopic (exact) mass is 377 g/mol. The van der Waals surface area contributed by atoms with Crippen LogP contribution in [0.4, 0.5) is 5.69 Å². The van der Waals surface area contributed by atoms with E-state index in [2.05, 4.69) is 23.1 Å². The number of aromatic nitrogens is 2. The van der Waals surface area contributed by atoms with Gasteiger partial charge >= 0.3 is 0 Å². The molecule has 144 valence electrons. The van der Waals surface area contributed by atoms with Crippen molar-refractivity contribution in [2.75, 3.05) is 18.1 Å². The van der Waals surface area contributed by atoms with Gasteiger partial charge in [0.15, 0.2) is 0 Å². The van der Waals surface area contributed by atoms with Gasteiger partial charge in [-0.05, 0) is 37.1 Å². The quantitative estimate of drug-likeness (QED) is 0.643. The topological polar surface area (TPSA) is 68.5 Å². The van der Waals surface area contributed by atoms with E-state index in [1.165, 1.54) is 0 Å². The van der Waals surface area contributed by atoms with Crippen molar-refractivity contribution in [2.45, 2.75) is 32.6 Å². The SMILES string of the molecule is CCOc1ccccc1-c1noc(C2CC(=O)N(c3ccccc3CC)C2)n1. The lowest BCUT2D eigenvalue weighted by Gasteiger charge is -2.19. The maximum atomic E-state index is 12.7. The van der Waals surface area contributed by atoms with E-state index in [-0.39, 0.29) is 11.8 Å². The van der Waals surface area contributed by atoms with Crippen LogP contribution in [0, 0.1) is 0 Å². The molecule has 0 aliphatic carbocycles. The van der Waals surface area contributed by atoms with Gasteiger partial charge < -0.3 is 14.2 Å². The Morgan fingerprint density at radius 2 is 1.93 bits per heavy atom. The fourth-order valence-corrected chi connectivity index (χ4v) is 3.62. The van der Waals surface area contributed by atoms with Crippen molar-refractivity contribution >= 4 is 11.6 Å². The zero-order valence-corrected chi connectivity index (χ0v) is 16.1. The molecule has 28 heavy (non-hydrogen) atoms. The predicted molar refractivity (Wildman–Crippen MR) is 106 cm³/mol. The minimum absolute atomic E-state index is 0.0837. The number of hydrogen-bond donors (Lipinski definition) is 0. The Kier molecular flexibility index (Phi) is 5.10. The largest absolute Gasteiger partial charge is 0.493 e. The molecular weight excluding hydrogens is 354 g/mol. The summed E-state index contributed by atoms with van der Waals surface area (Å²) in [7, 11) is 0. The van der Waals surface area contributed by atoms with Gasteiger partial charge in [0.25, 0.3) is 0 Å².